The molecule has 63 heavy (non-hydrogen) atoms. The lowest BCUT2D eigenvalue weighted by Gasteiger charge is -2.58. The Kier molecular flexibility index (Phi) is 25.1. The summed E-state index contributed by atoms with van der Waals surface area (Å²) in [7, 11) is 0. The number of hydrogen-bond donors (Lipinski definition) is 0. The maximum Gasteiger partial charge on any atom is 0.306 e. The zero-order valence-electron chi connectivity index (χ0n) is 41.5. The molecule has 0 aliphatic heterocycles. The third-order valence-electron chi connectivity index (χ3n) is 15.7. The number of unbranched alkanes of at least 4 members (excludes halogenated alkanes) is 3. The van der Waals surface area contributed by atoms with Crippen molar-refractivity contribution in [3.63, 3.8) is 0 Å². The molecule has 2 nitrogen and oxygen atoms in total. The van der Waals surface area contributed by atoms with Crippen LogP contribution in [0.5, 0.6) is 0 Å². The Bertz CT molecular complexity index is 1590. The van der Waals surface area contributed by atoms with Gasteiger partial charge in [-0.2, -0.15) is 0 Å². The van der Waals surface area contributed by atoms with E-state index in [2.05, 4.69) is 157 Å². The lowest BCUT2D eigenvalue weighted by molar-refractivity contribution is -0.151. The van der Waals surface area contributed by atoms with E-state index in [9.17, 15) is 4.79 Å². The van der Waals surface area contributed by atoms with Crippen LogP contribution in [0.3, 0.4) is 0 Å². The molecule has 3 saturated carbocycles. The van der Waals surface area contributed by atoms with E-state index in [1.54, 1.807) is 5.57 Å². The molecular weight excluding hydrogens is 765 g/mol. The summed E-state index contributed by atoms with van der Waals surface area (Å²) < 4.78 is 6.14. The quantitative estimate of drug-likeness (QED) is 0.0426. The van der Waals surface area contributed by atoms with Crippen molar-refractivity contribution in [1.82, 2.24) is 0 Å². The molecule has 4 rings (SSSR count). The molecule has 350 valence electrons. The summed E-state index contributed by atoms with van der Waals surface area (Å²) in [5.74, 6) is 5.21. The van der Waals surface area contributed by atoms with Crippen LogP contribution >= 0.6 is 0 Å². The van der Waals surface area contributed by atoms with Crippen molar-refractivity contribution in [2.45, 2.75) is 208 Å². The van der Waals surface area contributed by atoms with Gasteiger partial charge in [0.15, 0.2) is 0 Å². The summed E-state index contributed by atoms with van der Waals surface area (Å²) in [4.78, 5) is 12.9. The standard InChI is InChI=1S/C61H94O2/c1-7-8-9-10-11-12-13-14-15-16-17-18-19-20-21-22-23-24-25-26-27-28-29-30-31-32-33-34-35-36-37-41-59(62)63-54-46-48-60(5)53(50-54)42-43-55-57-45-44-56(52(4)40-38-39-51(2)3)61(57,6)49-47-58(55)60/h8-9,11-12,14-15,17-18,20-21,23-24,26-27,29-30,32-33,42,51-52,54-58H,7,10,13,16,19,22,25,28,31,34-41,43-50H2,1-6H3/b9-8-,12-11-,15-14-,18-17-,21-20-,24-23-,27-26-,30-29-,33-32-. The van der Waals surface area contributed by atoms with Crippen LogP contribution in [0.2, 0.25) is 0 Å². The second kappa shape index (κ2) is 30.1. The Balaban J connectivity index is 0.980. The third-order valence-corrected chi connectivity index (χ3v) is 15.7. The topological polar surface area (TPSA) is 26.3 Å². The number of carbonyl (C=O) groups is 1. The maximum atomic E-state index is 12.9. The Morgan fingerprint density at radius 3 is 1.70 bits per heavy atom. The minimum Gasteiger partial charge on any atom is -0.462 e. The van der Waals surface area contributed by atoms with Crippen molar-refractivity contribution in [2.24, 2.45) is 46.3 Å². The molecule has 0 saturated heterocycles. The number of ether oxygens (including phenoxy) is 1. The van der Waals surface area contributed by atoms with E-state index in [-0.39, 0.29) is 12.1 Å². The zero-order valence-corrected chi connectivity index (χ0v) is 41.5. The predicted molar refractivity (Wildman–Crippen MR) is 275 cm³/mol. The van der Waals surface area contributed by atoms with Crippen LogP contribution in [0.4, 0.5) is 0 Å². The molecule has 0 bridgehead atoms. The average molecular weight is 859 g/mol. The van der Waals surface area contributed by atoms with E-state index in [1.807, 2.05) is 0 Å². The van der Waals surface area contributed by atoms with E-state index in [4.69, 9.17) is 4.74 Å². The molecular formula is C61H94O2. The minimum absolute atomic E-state index is 0.0259. The Hall–Kier alpha value is -3.13. The Morgan fingerprint density at radius 2 is 1.16 bits per heavy atom. The number of hydrogen-bond acceptors (Lipinski definition) is 2. The van der Waals surface area contributed by atoms with Gasteiger partial charge in [-0.05, 0) is 168 Å². The fourth-order valence-electron chi connectivity index (χ4n) is 12.2. The van der Waals surface area contributed by atoms with E-state index >= 15 is 0 Å². The SMILES string of the molecule is CC/C=C\C/C=C\C/C=C\C/C=C\C/C=C\C/C=C\C/C=C\C/C=C\C/C=C\CCCCCC(=O)OC1CCC2(C)C(=CCC3C2CCC2(C)C(C(C)CCCC(C)C)CCC32)C1. The van der Waals surface area contributed by atoms with Crippen LogP contribution in [0.15, 0.2) is 121 Å². The van der Waals surface area contributed by atoms with Crippen molar-refractivity contribution in [2.75, 3.05) is 0 Å². The van der Waals surface area contributed by atoms with Crippen LogP contribution in [0, 0.1) is 46.3 Å². The van der Waals surface area contributed by atoms with Gasteiger partial charge in [-0.3, -0.25) is 4.79 Å². The predicted octanol–water partition coefficient (Wildman–Crippen LogP) is 18.4. The van der Waals surface area contributed by atoms with Gasteiger partial charge in [0.2, 0.25) is 0 Å². The number of carbonyl (C=O) groups excluding carboxylic acids is 1. The molecule has 8 atom stereocenters. The highest BCUT2D eigenvalue weighted by molar-refractivity contribution is 5.69. The lowest BCUT2D eigenvalue weighted by atomic mass is 9.47. The van der Waals surface area contributed by atoms with Crippen LogP contribution in [-0.2, 0) is 9.53 Å². The molecule has 8 unspecified atom stereocenters. The van der Waals surface area contributed by atoms with Gasteiger partial charge in [-0.15, -0.1) is 0 Å². The van der Waals surface area contributed by atoms with Gasteiger partial charge in [0, 0.05) is 12.8 Å². The summed E-state index contributed by atoms with van der Waals surface area (Å²) in [5.41, 5.74) is 2.48. The van der Waals surface area contributed by atoms with Gasteiger partial charge in [0.1, 0.15) is 6.10 Å². The van der Waals surface area contributed by atoms with Gasteiger partial charge < -0.3 is 4.74 Å². The summed E-state index contributed by atoms with van der Waals surface area (Å²) in [6.45, 7) is 14.8. The number of esters is 1. The van der Waals surface area contributed by atoms with Crippen molar-refractivity contribution < 1.29 is 9.53 Å². The first-order chi connectivity index (χ1) is 30.7. The third kappa shape index (κ3) is 18.3. The molecule has 0 heterocycles. The van der Waals surface area contributed by atoms with E-state index < -0.39 is 0 Å². The fourth-order valence-corrected chi connectivity index (χ4v) is 12.2. The van der Waals surface area contributed by atoms with Crippen molar-refractivity contribution in [1.29, 1.82) is 0 Å². The monoisotopic (exact) mass is 859 g/mol. The number of allylic oxidation sites excluding steroid dienone is 19. The smallest absolute Gasteiger partial charge is 0.306 e. The van der Waals surface area contributed by atoms with E-state index in [0.717, 1.165) is 132 Å². The maximum absolute atomic E-state index is 12.9. The summed E-state index contributed by atoms with van der Waals surface area (Å²) >= 11 is 0. The Labute approximate surface area is 389 Å². The molecule has 0 amide bonds. The van der Waals surface area contributed by atoms with Crippen LogP contribution in [0.25, 0.3) is 0 Å². The molecule has 0 N–H and O–H groups in total. The minimum atomic E-state index is 0.0259. The lowest BCUT2D eigenvalue weighted by Crippen LogP contribution is -2.51. The van der Waals surface area contributed by atoms with Crippen molar-refractivity contribution in [3.8, 4) is 0 Å². The number of rotatable bonds is 29. The van der Waals surface area contributed by atoms with Crippen LogP contribution < -0.4 is 0 Å². The first-order valence-electron chi connectivity index (χ1n) is 26.4. The first-order valence-corrected chi connectivity index (χ1v) is 26.4. The van der Waals surface area contributed by atoms with Crippen molar-refractivity contribution in [3.05, 3.63) is 121 Å². The molecule has 0 aromatic rings. The summed E-state index contributed by atoms with van der Waals surface area (Å²) in [6.07, 6.45) is 71.6. The fraction of sp³-hybridized carbons (Fsp3) is 0.656. The number of fused-ring (bicyclic) bond motifs is 5. The van der Waals surface area contributed by atoms with Gasteiger partial charge >= 0.3 is 5.97 Å². The van der Waals surface area contributed by atoms with Gasteiger partial charge in [-0.1, -0.05) is 188 Å². The van der Waals surface area contributed by atoms with Gasteiger partial charge in [-0.25, -0.2) is 0 Å². The largest absolute Gasteiger partial charge is 0.462 e. The highest BCUT2D eigenvalue weighted by atomic mass is 16.5. The molecule has 3 fully saturated rings. The summed E-state index contributed by atoms with van der Waals surface area (Å²) in [6, 6.07) is 0. The Morgan fingerprint density at radius 1 is 0.619 bits per heavy atom. The average Bonchev–Trinajstić information content (AvgIpc) is 3.63. The second-order valence-electron chi connectivity index (χ2n) is 20.8. The summed E-state index contributed by atoms with van der Waals surface area (Å²) in [5, 5.41) is 0. The van der Waals surface area contributed by atoms with Crippen molar-refractivity contribution >= 4 is 5.97 Å². The molecule has 0 aromatic carbocycles. The van der Waals surface area contributed by atoms with Gasteiger partial charge in [0.05, 0.1) is 0 Å². The first kappa shape index (κ1) is 52.5. The van der Waals surface area contributed by atoms with Crippen LogP contribution in [0.1, 0.15) is 202 Å². The molecule has 4 aliphatic carbocycles. The highest BCUT2D eigenvalue weighted by Crippen LogP contribution is 2.67. The second-order valence-corrected chi connectivity index (χ2v) is 20.8. The molecule has 0 aromatic heterocycles. The molecule has 0 spiro atoms. The molecule has 4 aliphatic rings. The zero-order chi connectivity index (χ0) is 45.0. The normalized spacial score (nSPS) is 28.4. The van der Waals surface area contributed by atoms with E-state index in [0.29, 0.717) is 17.3 Å². The van der Waals surface area contributed by atoms with Gasteiger partial charge in [0.25, 0.3) is 0 Å². The van der Waals surface area contributed by atoms with Crippen LogP contribution in [-0.4, -0.2) is 12.1 Å². The van der Waals surface area contributed by atoms with E-state index in [1.165, 1.54) is 57.8 Å². The molecule has 0 radical (unpaired) electrons. The highest BCUT2D eigenvalue weighted by Gasteiger charge is 2.59. The molecule has 2 heteroatoms.